The smallest absolute Gasteiger partial charge is 0.332 e. The molecule has 148 valence electrons. The van der Waals surface area contributed by atoms with E-state index in [-0.39, 0.29) is 23.6 Å². The summed E-state index contributed by atoms with van der Waals surface area (Å²) in [5, 5.41) is 0.605. The largest absolute Gasteiger partial charge is 0.425 e. The van der Waals surface area contributed by atoms with Crippen LogP contribution in [-0.2, 0) is 25.4 Å². The van der Waals surface area contributed by atoms with Gasteiger partial charge in [0, 0.05) is 19.1 Å². The van der Waals surface area contributed by atoms with Crippen LogP contribution in [0.4, 0.5) is 0 Å². The standard InChI is InChI=1S/C19H21ClN4O4/c1-10(2)12-7-13(20)11(3)6-14(12)28-15(25)8-24-9-21-17-16(24)18(26)23(5)19(27)22(17)4/h6-7,9-10H,8H2,1-5H3. The van der Waals surface area contributed by atoms with Gasteiger partial charge in [0.15, 0.2) is 11.2 Å². The molecule has 28 heavy (non-hydrogen) atoms. The second-order valence-corrected chi connectivity index (χ2v) is 7.43. The monoisotopic (exact) mass is 404 g/mol. The Labute approximate surface area is 165 Å². The number of carbonyl (C=O) groups is 1. The van der Waals surface area contributed by atoms with Crippen LogP contribution in [0.3, 0.4) is 0 Å². The highest BCUT2D eigenvalue weighted by molar-refractivity contribution is 6.31. The number of carbonyl (C=O) groups excluding carboxylic acids is 1. The molecule has 1 aromatic carbocycles. The number of benzene rings is 1. The highest BCUT2D eigenvalue weighted by atomic mass is 35.5. The van der Waals surface area contributed by atoms with E-state index in [9.17, 15) is 14.4 Å². The van der Waals surface area contributed by atoms with Crippen molar-refractivity contribution in [2.75, 3.05) is 0 Å². The SMILES string of the molecule is Cc1cc(OC(=O)Cn2cnc3c2c(=O)n(C)c(=O)n3C)c(C(C)C)cc1Cl. The predicted molar refractivity (Wildman–Crippen MR) is 106 cm³/mol. The molecule has 0 aliphatic heterocycles. The van der Waals surface area contributed by atoms with Crippen molar-refractivity contribution in [3.63, 3.8) is 0 Å². The van der Waals surface area contributed by atoms with Gasteiger partial charge in [-0.25, -0.2) is 14.6 Å². The van der Waals surface area contributed by atoms with Crippen LogP contribution < -0.4 is 16.0 Å². The summed E-state index contributed by atoms with van der Waals surface area (Å²) in [5.41, 5.74) is 0.991. The van der Waals surface area contributed by atoms with Crippen LogP contribution in [0.25, 0.3) is 11.2 Å². The average Bonchev–Trinajstić information content (AvgIpc) is 3.04. The van der Waals surface area contributed by atoms with Crippen LogP contribution in [-0.4, -0.2) is 24.7 Å². The summed E-state index contributed by atoms with van der Waals surface area (Å²) in [6.07, 6.45) is 1.35. The Kier molecular flexibility index (Phi) is 5.16. The number of imidazole rings is 1. The number of ether oxygens (including phenoxy) is 1. The molecule has 0 radical (unpaired) electrons. The van der Waals surface area contributed by atoms with E-state index in [1.165, 1.54) is 29.6 Å². The summed E-state index contributed by atoms with van der Waals surface area (Å²) in [7, 11) is 2.90. The molecule has 0 amide bonds. The van der Waals surface area contributed by atoms with Crippen LogP contribution in [0.5, 0.6) is 5.75 Å². The molecule has 0 N–H and O–H groups in total. The number of aryl methyl sites for hydroxylation is 2. The van der Waals surface area contributed by atoms with Crippen molar-refractivity contribution in [2.24, 2.45) is 14.1 Å². The first-order valence-corrected chi connectivity index (χ1v) is 9.11. The van der Waals surface area contributed by atoms with Gasteiger partial charge in [-0.05, 0) is 36.1 Å². The molecule has 3 rings (SSSR count). The molecule has 0 saturated heterocycles. The number of hydrogen-bond acceptors (Lipinski definition) is 5. The van der Waals surface area contributed by atoms with Gasteiger partial charge in [-0.2, -0.15) is 0 Å². The van der Waals surface area contributed by atoms with E-state index in [0.29, 0.717) is 10.8 Å². The molecule has 2 aromatic heterocycles. The van der Waals surface area contributed by atoms with Crippen molar-refractivity contribution in [3.05, 3.63) is 55.4 Å². The topological polar surface area (TPSA) is 88.1 Å². The van der Waals surface area contributed by atoms with Gasteiger partial charge in [0.2, 0.25) is 0 Å². The van der Waals surface area contributed by atoms with Crippen molar-refractivity contribution in [1.82, 2.24) is 18.7 Å². The summed E-state index contributed by atoms with van der Waals surface area (Å²) in [5.74, 6) is -0.0118. The summed E-state index contributed by atoms with van der Waals surface area (Å²) >= 11 is 6.19. The van der Waals surface area contributed by atoms with Crippen molar-refractivity contribution in [3.8, 4) is 5.75 Å². The fourth-order valence-corrected chi connectivity index (χ4v) is 3.19. The normalized spacial score (nSPS) is 11.4. The van der Waals surface area contributed by atoms with Gasteiger partial charge in [0.1, 0.15) is 12.3 Å². The lowest BCUT2D eigenvalue weighted by Crippen LogP contribution is -2.37. The Bertz CT molecular complexity index is 1200. The first kappa shape index (κ1) is 19.9. The molecule has 0 aliphatic rings. The van der Waals surface area contributed by atoms with Gasteiger partial charge in [-0.15, -0.1) is 0 Å². The molecule has 2 heterocycles. The molecule has 0 saturated carbocycles. The van der Waals surface area contributed by atoms with E-state index >= 15 is 0 Å². The van der Waals surface area contributed by atoms with E-state index in [4.69, 9.17) is 16.3 Å². The minimum absolute atomic E-state index is 0.108. The van der Waals surface area contributed by atoms with Gasteiger partial charge in [0.25, 0.3) is 5.56 Å². The van der Waals surface area contributed by atoms with E-state index in [1.807, 2.05) is 20.8 Å². The van der Waals surface area contributed by atoms with Crippen LogP contribution >= 0.6 is 11.6 Å². The number of fused-ring (bicyclic) bond motifs is 1. The number of halogens is 1. The molecule has 3 aromatic rings. The number of nitrogens with zero attached hydrogens (tertiary/aromatic N) is 4. The lowest BCUT2D eigenvalue weighted by atomic mass is 10.0. The van der Waals surface area contributed by atoms with Crippen LogP contribution in [0, 0.1) is 6.92 Å². The van der Waals surface area contributed by atoms with Crippen molar-refractivity contribution in [2.45, 2.75) is 33.2 Å². The van der Waals surface area contributed by atoms with Gasteiger partial charge in [-0.3, -0.25) is 13.9 Å². The summed E-state index contributed by atoms with van der Waals surface area (Å²) in [4.78, 5) is 41.1. The number of aromatic nitrogens is 4. The Morgan fingerprint density at radius 3 is 2.54 bits per heavy atom. The first-order valence-electron chi connectivity index (χ1n) is 8.73. The van der Waals surface area contributed by atoms with Crippen LogP contribution in [0.1, 0.15) is 30.9 Å². The summed E-state index contributed by atoms with van der Waals surface area (Å²) < 4.78 is 9.19. The highest BCUT2D eigenvalue weighted by Crippen LogP contribution is 2.32. The van der Waals surface area contributed by atoms with Gasteiger partial charge in [0.05, 0.1) is 6.33 Å². The van der Waals surface area contributed by atoms with E-state index < -0.39 is 17.2 Å². The quantitative estimate of drug-likeness (QED) is 0.491. The molecule has 0 atom stereocenters. The molecular formula is C19H21ClN4O4. The second kappa shape index (κ2) is 7.27. The first-order chi connectivity index (χ1) is 13.1. The Morgan fingerprint density at radius 2 is 1.89 bits per heavy atom. The molecule has 0 spiro atoms. The zero-order valence-electron chi connectivity index (χ0n) is 16.3. The Hall–Kier alpha value is -2.87. The third-order valence-corrected chi connectivity index (χ3v) is 5.06. The summed E-state index contributed by atoms with van der Waals surface area (Å²) in [6.45, 7) is 5.57. The van der Waals surface area contributed by atoms with Crippen LogP contribution in [0.2, 0.25) is 5.02 Å². The average molecular weight is 405 g/mol. The number of esters is 1. The Balaban J connectivity index is 1.97. The highest BCUT2D eigenvalue weighted by Gasteiger charge is 2.18. The van der Waals surface area contributed by atoms with Crippen molar-refractivity contribution in [1.29, 1.82) is 0 Å². The molecule has 9 heteroatoms. The van der Waals surface area contributed by atoms with Crippen molar-refractivity contribution < 1.29 is 9.53 Å². The fraction of sp³-hybridized carbons (Fsp3) is 0.368. The Morgan fingerprint density at radius 1 is 1.21 bits per heavy atom. The van der Waals surface area contributed by atoms with E-state index in [1.54, 1.807) is 12.1 Å². The fourth-order valence-electron chi connectivity index (χ4n) is 3.02. The third kappa shape index (κ3) is 3.35. The molecular weight excluding hydrogens is 384 g/mol. The second-order valence-electron chi connectivity index (χ2n) is 7.02. The third-order valence-electron chi connectivity index (χ3n) is 4.65. The maximum Gasteiger partial charge on any atom is 0.332 e. The zero-order chi connectivity index (χ0) is 20.7. The lowest BCUT2D eigenvalue weighted by molar-refractivity contribution is -0.135. The number of hydrogen-bond donors (Lipinski definition) is 0. The maximum absolute atomic E-state index is 12.6. The molecule has 8 nitrogen and oxygen atoms in total. The molecule has 0 aliphatic carbocycles. The zero-order valence-corrected chi connectivity index (χ0v) is 17.1. The van der Waals surface area contributed by atoms with E-state index in [2.05, 4.69) is 4.98 Å². The molecule has 0 bridgehead atoms. The molecule has 0 unspecified atom stereocenters. The maximum atomic E-state index is 12.6. The lowest BCUT2D eigenvalue weighted by Gasteiger charge is -2.15. The van der Waals surface area contributed by atoms with Crippen LogP contribution in [0.15, 0.2) is 28.0 Å². The van der Waals surface area contributed by atoms with Gasteiger partial charge in [-0.1, -0.05) is 25.4 Å². The summed E-state index contributed by atoms with van der Waals surface area (Å²) in [6, 6.07) is 3.52. The van der Waals surface area contributed by atoms with Gasteiger partial charge < -0.3 is 9.30 Å². The minimum atomic E-state index is -0.557. The van der Waals surface area contributed by atoms with Crippen molar-refractivity contribution >= 4 is 28.7 Å². The minimum Gasteiger partial charge on any atom is -0.425 e. The van der Waals surface area contributed by atoms with Gasteiger partial charge >= 0.3 is 11.7 Å². The molecule has 0 fully saturated rings. The predicted octanol–water partition coefficient (Wildman–Crippen LogP) is 2.12. The van der Waals surface area contributed by atoms with E-state index in [0.717, 1.165) is 15.7 Å². The number of rotatable bonds is 4.